The minimum atomic E-state index is -0.218. The Morgan fingerprint density at radius 3 is 2.39 bits per heavy atom. The molecule has 4 rings (SSSR count). The minimum Gasteiger partial charge on any atom is -0.508 e. The van der Waals surface area contributed by atoms with Gasteiger partial charge in [-0.05, 0) is 65.6 Å². The number of phenols is 1. The number of aromatic hydroxyl groups is 1. The van der Waals surface area contributed by atoms with E-state index in [2.05, 4.69) is 11.0 Å². The number of phenolic OH excluding ortho intramolecular Hbond substituents is 1. The van der Waals surface area contributed by atoms with Crippen LogP contribution in [0.4, 0.5) is 4.39 Å². The van der Waals surface area contributed by atoms with E-state index in [1.165, 1.54) is 17.7 Å². The number of ether oxygens (including phenoxy) is 2. The van der Waals surface area contributed by atoms with E-state index in [4.69, 9.17) is 9.47 Å². The van der Waals surface area contributed by atoms with Gasteiger partial charge in [0.05, 0.1) is 14.2 Å². The number of halogens is 1. The standard InChI is InChI=1S/C26H26FNO3/c1-30-23-8-10-26(31-2)24(16-23)20-5-9-25(29)21(15-20)17-28-13-11-19(12-14-28)18-3-6-22(27)7-4-18/h3-11,15-16,29H,12-14,17H2,1-2H3. The average molecular weight is 419 g/mol. The molecule has 31 heavy (non-hydrogen) atoms. The molecule has 0 saturated heterocycles. The zero-order valence-electron chi connectivity index (χ0n) is 17.8. The number of hydrogen-bond acceptors (Lipinski definition) is 4. The van der Waals surface area contributed by atoms with Crippen molar-refractivity contribution < 1.29 is 19.0 Å². The van der Waals surface area contributed by atoms with Crippen LogP contribution in [-0.4, -0.2) is 37.3 Å². The Balaban J connectivity index is 1.53. The van der Waals surface area contributed by atoms with E-state index in [0.29, 0.717) is 6.54 Å². The van der Waals surface area contributed by atoms with Crippen LogP contribution >= 0.6 is 0 Å². The van der Waals surface area contributed by atoms with Crippen LogP contribution < -0.4 is 9.47 Å². The summed E-state index contributed by atoms with van der Waals surface area (Å²) in [7, 11) is 3.28. The third-order valence-electron chi connectivity index (χ3n) is 5.70. The Morgan fingerprint density at radius 2 is 1.71 bits per heavy atom. The fraction of sp³-hybridized carbons (Fsp3) is 0.231. The van der Waals surface area contributed by atoms with Crippen molar-refractivity contribution >= 4 is 5.57 Å². The van der Waals surface area contributed by atoms with Crippen LogP contribution in [0.15, 0.2) is 66.7 Å². The Hall–Kier alpha value is -3.31. The fourth-order valence-corrected chi connectivity index (χ4v) is 3.94. The molecule has 0 unspecified atom stereocenters. The van der Waals surface area contributed by atoms with E-state index in [-0.39, 0.29) is 11.6 Å². The monoisotopic (exact) mass is 419 g/mol. The molecule has 0 saturated carbocycles. The molecule has 0 radical (unpaired) electrons. The van der Waals surface area contributed by atoms with Gasteiger partial charge in [-0.3, -0.25) is 4.90 Å². The summed E-state index contributed by atoms with van der Waals surface area (Å²) in [5, 5.41) is 10.5. The summed E-state index contributed by atoms with van der Waals surface area (Å²) in [6.45, 7) is 2.29. The van der Waals surface area contributed by atoms with Crippen LogP contribution in [0, 0.1) is 5.82 Å². The number of hydrogen-bond donors (Lipinski definition) is 1. The fourth-order valence-electron chi connectivity index (χ4n) is 3.94. The average Bonchev–Trinajstić information content (AvgIpc) is 2.81. The van der Waals surface area contributed by atoms with Crippen LogP contribution in [0.3, 0.4) is 0 Å². The highest BCUT2D eigenvalue weighted by Crippen LogP contribution is 2.36. The van der Waals surface area contributed by atoms with Gasteiger partial charge in [0, 0.05) is 30.8 Å². The highest BCUT2D eigenvalue weighted by molar-refractivity contribution is 5.73. The molecule has 3 aromatic carbocycles. The SMILES string of the molecule is COc1ccc(OC)c(-c2ccc(O)c(CN3CC=C(c4ccc(F)cc4)CC3)c2)c1. The lowest BCUT2D eigenvalue weighted by molar-refractivity contribution is 0.289. The van der Waals surface area contributed by atoms with Gasteiger partial charge in [-0.1, -0.05) is 24.3 Å². The Bertz CT molecular complexity index is 1090. The molecule has 0 amide bonds. The molecule has 0 bridgehead atoms. The highest BCUT2D eigenvalue weighted by Gasteiger charge is 2.16. The van der Waals surface area contributed by atoms with E-state index >= 15 is 0 Å². The van der Waals surface area contributed by atoms with Gasteiger partial charge in [0.25, 0.3) is 0 Å². The van der Waals surface area contributed by atoms with Crippen molar-refractivity contribution in [3.8, 4) is 28.4 Å². The van der Waals surface area contributed by atoms with Gasteiger partial charge in [0.15, 0.2) is 0 Å². The molecule has 0 aliphatic carbocycles. The zero-order chi connectivity index (χ0) is 21.8. The Morgan fingerprint density at radius 1 is 0.935 bits per heavy atom. The molecule has 160 valence electrons. The third-order valence-corrected chi connectivity index (χ3v) is 5.70. The maximum atomic E-state index is 13.2. The number of methoxy groups -OCH3 is 2. The second-order valence-corrected chi connectivity index (χ2v) is 7.63. The first-order valence-electron chi connectivity index (χ1n) is 10.3. The number of benzene rings is 3. The summed E-state index contributed by atoms with van der Waals surface area (Å²) < 4.78 is 24.1. The molecular formula is C26H26FNO3. The van der Waals surface area contributed by atoms with Gasteiger partial charge < -0.3 is 14.6 Å². The summed E-state index contributed by atoms with van der Waals surface area (Å²) in [6.07, 6.45) is 3.07. The molecule has 3 aromatic rings. The maximum Gasteiger partial charge on any atom is 0.126 e. The number of rotatable bonds is 6. The molecule has 0 spiro atoms. The molecule has 0 atom stereocenters. The summed E-state index contributed by atoms with van der Waals surface area (Å²) >= 11 is 0. The Kier molecular flexibility index (Phi) is 6.23. The zero-order valence-corrected chi connectivity index (χ0v) is 17.8. The molecule has 5 heteroatoms. The van der Waals surface area contributed by atoms with E-state index in [0.717, 1.165) is 53.3 Å². The molecular weight excluding hydrogens is 393 g/mol. The number of nitrogens with zero attached hydrogens (tertiary/aromatic N) is 1. The quantitative estimate of drug-likeness (QED) is 0.573. The van der Waals surface area contributed by atoms with E-state index in [1.807, 2.05) is 42.5 Å². The van der Waals surface area contributed by atoms with Crippen molar-refractivity contribution in [1.82, 2.24) is 4.90 Å². The van der Waals surface area contributed by atoms with E-state index in [1.54, 1.807) is 20.3 Å². The van der Waals surface area contributed by atoms with Crippen molar-refractivity contribution in [2.45, 2.75) is 13.0 Å². The van der Waals surface area contributed by atoms with E-state index < -0.39 is 0 Å². The van der Waals surface area contributed by atoms with Crippen molar-refractivity contribution in [1.29, 1.82) is 0 Å². The first-order valence-corrected chi connectivity index (χ1v) is 10.3. The second kappa shape index (κ2) is 9.23. The lowest BCUT2D eigenvalue weighted by Gasteiger charge is -2.27. The molecule has 4 nitrogen and oxygen atoms in total. The van der Waals surface area contributed by atoms with E-state index in [9.17, 15) is 9.50 Å². The van der Waals surface area contributed by atoms with Crippen LogP contribution in [0.1, 0.15) is 17.5 Å². The van der Waals surface area contributed by atoms with Crippen molar-refractivity contribution in [2.75, 3.05) is 27.3 Å². The van der Waals surface area contributed by atoms with Crippen LogP contribution in [0.25, 0.3) is 16.7 Å². The summed E-state index contributed by atoms with van der Waals surface area (Å²) in [5.74, 6) is 1.56. The maximum absolute atomic E-state index is 13.2. The second-order valence-electron chi connectivity index (χ2n) is 7.63. The van der Waals surface area contributed by atoms with Crippen molar-refractivity contribution in [3.63, 3.8) is 0 Å². The lowest BCUT2D eigenvalue weighted by Crippen LogP contribution is -2.28. The van der Waals surface area contributed by atoms with Gasteiger partial charge in [0.1, 0.15) is 23.1 Å². The molecule has 1 aliphatic rings. The molecule has 1 heterocycles. The summed E-state index contributed by atoms with van der Waals surface area (Å²) in [5.41, 5.74) is 5.04. The van der Waals surface area contributed by atoms with Gasteiger partial charge in [-0.15, -0.1) is 0 Å². The summed E-state index contributed by atoms with van der Waals surface area (Å²) in [6, 6.07) is 18.0. The normalized spacial score (nSPS) is 14.2. The molecule has 1 aliphatic heterocycles. The molecule has 1 N–H and O–H groups in total. The van der Waals surface area contributed by atoms with Gasteiger partial charge in [-0.25, -0.2) is 4.39 Å². The van der Waals surface area contributed by atoms with Gasteiger partial charge >= 0.3 is 0 Å². The Labute approximate surface area is 182 Å². The van der Waals surface area contributed by atoms with Crippen molar-refractivity contribution in [2.24, 2.45) is 0 Å². The van der Waals surface area contributed by atoms with Crippen LogP contribution in [0.2, 0.25) is 0 Å². The van der Waals surface area contributed by atoms with Gasteiger partial charge in [0.2, 0.25) is 0 Å². The first kappa shape index (κ1) is 20.9. The summed E-state index contributed by atoms with van der Waals surface area (Å²) in [4.78, 5) is 2.29. The molecule has 0 fully saturated rings. The third kappa shape index (κ3) is 4.72. The van der Waals surface area contributed by atoms with Gasteiger partial charge in [-0.2, -0.15) is 0 Å². The minimum absolute atomic E-state index is 0.218. The topological polar surface area (TPSA) is 41.9 Å². The largest absolute Gasteiger partial charge is 0.508 e. The van der Waals surface area contributed by atoms with Crippen LogP contribution in [-0.2, 0) is 6.54 Å². The molecule has 0 aromatic heterocycles. The first-order chi connectivity index (χ1) is 15.1. The highest BCUT2D eigenvalue weighted by atomic mass is 19.1. The predicted molar refractivity (Wildman–Crippen MR) is 121 cm³/mol. The smallest absolute Gasteiger partial charge is 0.126 e. The predicted octanol–water partition coefficient (Wildman–Crippen LogP) is 5.50. The van der Waals surface area contributed by atoms with Crippen molar-refractivity contribution in [3.05, 3.63) is 83.7 Å². The lowest BCUT2D eigenvalue weighted by atomic mass is 9.98. The van der Waals surface area contributed by atoms with Crippen LogP contribution in [0.5, 0.6) is 17.2 Å².